The minimum atomic E-state index is -4.67. The second kappa shape index (κ2) is 18.2. The zero-order chi connectivity index (χ0) is 45.2. The molecule has 2 fully saturated rings. The number of nitrogens with one attached hydrogen (secondary N) is 3. The van der Waals surface area contributed by atoms with Crippen molar-refractivity contribution in [3.8, 4) is 11.5 Å². The molecule has 0 radical (unpaired) electrons. The number of sulfonamides is 1. The van der Waals surface area contributed by atoms with Crippen molar-refractivity contribution in [1.82, 2.24) is 19.6 Å². The zero-order valence-electron chi connectivity index (χ0n) is 35.6. The smallest absolute Gasteiger partial charge is 0.311 e. The van der Waals surface area contributed by atoms with Crippen molar-refractivity contribution in [2.24, 2.45) is 10.8 Å². The number of fused-ring (bicyclic) bond motifs is 1. The van der Waals surface area contributed by atoms with Crippen molar-refractivity contribution in [2.75, 3.05) is 62.7 Å². The van der Waals surface area contributed by atoms with Crippen LogP contribution in [0, 0.1) is 20.9 Å². The van der Waals surface area contributed by atoms with Gasteiger partial charge in [-0.2, -0.15) is 0 Å². The van der Waals surface area contributed by atoms with Gasteiger partial charge in [-0.15, -0.1) is 0 Å². The number of aromatic nitrogens is 2. The number of piperazine rings is 1. The van der Waals surface area contributed by atoms with Gasteiger partial charge in [0, 0.05) is 86.9 Å². The highest BCUT2D eigenvalue weighted by Gasteiger charge is 2.40. The predicted octanol–water partition coefficient (Wildman–Crippen LogP) is 8.11. The van der Waals surface area contributed by atoms with Crippen molar-refractivity contribution in [1.29, 1.82) is 0 Å². The zero-order valence-corrected chi connectivity index (χ0v) is 37.1. The molecule has 1 aliphatic carbocycles. The van der Waals surface area contributed by atoms with E-state index in [1.165, 1.54) is 35.0 Å². The summed E-state index contributed by atoms with van der Waals surface area (Å²) in [5.74, 6) is -1.69. The maximum atomic E-state index is 13.9. The van der Waals surface area contributed by atoms with Crippen molar-refractivity contribution >= 4 is 67.2 Å². The highest BCUT2D eigenvalue weighted by Crippen LogP contribution is 2.44. The van der Waals surface area contributed by atoms with E-state index in [1.54, 1.807) is 24.4 Å². The van der Waals surface area contributed by atoms with Gasteiger partial charge in [-0.1, -0.05) is 43.2 Å². The molecule has 0 bridgehead atoms. The molecule has 2 saturated heterocycles. The molecular weight excluding hydrogens is 862 g/mol. The number of aromatic amines is 1. The van der Waals surface area contributed by atoms with Gasteiger partial charge in [0.05, 0.1) is 27.0 Å². The highest BCUT2D eigenvalue weighted by molar-refractivity contribution is 7.90. The maximum absolute atomic E-state index is 13.9. The standard InChI is InChI=1S/C46H50ClN7O9S/c1-45(2)13-11-32(38(26-45)30-3-5-33(47)6-4-30)28-52-17-19-53(20-18-52)34-7-9-37(41(24-34)63-35-23-31-12-16-48-42(31)49-27-35)43(55)51-64(60,61)36-8-10-39(40(25-36)54(58)59)50-29-46(44(56)57)14-21-62-22-15-46/h3-10,12,16,23-25,27,50H,11,13-15,17-22,26,28-29H2,1-2H3,(H,48,49)(H,51,55)(H,56,57). The molecule has 16 nitrogen and oxygen atoms in total. The Morgan fingerprint density at radius 1 is 1.00 bits per heavy atom. The number of carboxylic acids is 1. The minimum Gasteiger partial charge on any atom is -0.481 e. The Bertz CT molecular complexity index is 2730. The fourth-order valence-corrected chi connectivity index (χ4v) is 9.80. The summed E-state index contributed by atoms with van der Waals surface area (Å²) in [6.07, 6.45) is 6.78. The number of rotatable bonds is 14. The third kappa shape index (κ3) is 9.87. The van der Waals surface area contributed by atoms with Gasteiger partial charge >= 0.3 is 5.97 Å². The van der Waals surface area contributed by atoms with Crippen LogP contribution in [0.15, 0.2) is 95.7 Å². The molecule has 8 rings (SSSR count). The van der Waals surface area contributed by atoms with E-state index in [9.17, 15) is 33.2 Å². The van der Waals surface area contributed by atoms with Crippen molar-refractivity contribution in [3.63, 3.8) is 0 Å². The van der Waals surface area contributed by atoms with Gasteiger partial charge < -0.3 is 29.8 Å². The monoisotopic (exact) mass is 911 g/mol. The normalized spacial score (nSPS) is 17.8. The molecule has 2 aliphatic heterocycles. The number of anilines is 2. The Morgan fingerprint density at radius 3 is 2.47 bits per heavy atom. The summed E-state index contributed by atoms with van der Waals surface area (Å²) in [6.45, 7) is 8.79. The van der Waals surface area contributed by atoms with E-state index < -0.39 is 42.8 Å². The van der Waals surface area contributed by atoms with E-state index in [0.717, 1.165) is 62.1 Å². The average molecular weight is 912 g/mol. The lowest BCUT2D eigenvalue weighted by Crippen LogP contribution is -2.47. The Kier molecular flexibility index (Phi) is 12.7. The lowest BCUT2D eigenvalue weighted by Gasteiger charge is -2.39. The first kappa shape index (κ1) is 44.6. The number of allylic oxidation sites excluding steroid dienone is 1. The summed E-state index contributed by atoms with van der Waals surface area (Å²) in [4.78, 5) is 49.1. The highest BCUT2D eigenvalue weighted by atomic mass is 35.5. The first-order valence-electron chi connectivity index (χ1n) is 21.2. The first-order chi connectivity index (χ1) is 30.6. The van der Waals surface area contributed by atoms with Crippen molar-refractivity contribution < 1.29 is 37.5 Å². The van der Waals surface area contributed by atoms with Crippen LogP contribution in [0.1, 0.15) is 61.9 Å². The van der Waals surface area contributed by atoms with Crippen LogP contribution in [0.5, 0.6) is 11.5 Å². The van der Waals surface area contributed by atoms with Crippen LogP contribution in [0.25, 0.3) is 16.6 Å². The van der Waals surface area contributed by atoms with Gasteiger partial charge in [0.1, 0.15) is 22.8 Å². The molecule has 4 heterocycles. The lowest BCUT2D eigenvalue weighted by atomic mass is 9.72. The van der Waals surface area contributed by atoms with Crippen molar-refractivity contribution in [2.45, 2.75) is 50.8 Å². The van der Waals surface area contributed by atoms with E-state index in [4.69, 9.17) is 21.1 Å². The summed E-state index contributed by atoms with van der Waals surface area (Å²) in [7, 11) is -4.67. The van der Waals surface area contributed by atoms with Crippen molar-refractivity contribution in [3.05, 3.63) is 117 Å². The number of carbonyl (C=O) groups is 2. The van der Waals surface area contributed by atoms with E-state index in [2.05, 4.69) is 55.8 Å². The molecule has 3 aliphatic rings. The number of pyridine rings is 1. The average Bonchev–Trinajstić information content (AvgIpc) is 3.75. The Balaban J connectivity index is 1.01. The van der Waals surface area contributed by atoms with Crippen LogP contribution in [-0.4, -0.2) is 97.7 Å². The number of hydrogen-bond donors (Lipinski definition) is 4. The van der Waals surface area contributed by atoms with Crippen LogP contribution < -0.4 is 19.7 Å². The van der Waals surface area contributed by atoms with Crippen LogP contribution in [-0.2, 0) is 19.6 Å². The summed E-state index contributed by atoms with van der Waals surface area (Å²) in [5.41, 5.74) is 3.69. The molecule has 0 unspecified atom stereocenters. The molecule has 3 aromatic carbocycles. The summed E-state index contributed by atoms with van der Waals surface area (Å²) in [6, 6.07) is 19.8. The van der Waals surface area contributed by atoms with E-state index in [1.807, 2.05) is 18.2 Å². The molecule has 336 valence electrons. The second-order valence-electron chi connectivity index (χ2n) is 17.5. The number of H-pyrrole nitrogens is 1. The van der Waals surface area contributed by atoms with E-state index in [0.29, 0.717) is 29.5 Å². The number of nitro groups is 1. The quantitative estimate of drug-likeness (QED) is 0.0614. The second-order valence-corrected chi connectivity index (χ2v) is 19.6. The Labute approximate surface area is 375 Å². The number of hydrogen-bond acceptors (Lipinski definition) is 12. The predicted molar refractivity (Wildman–Crippen MR) is 244 cm³/mol. The van der Waals surface area contributed by atoms with Gasteiger partial charge in [0.25, 0.3) is 21.6 Å². The molecule has 5 aromatic rings. The topological polar surface area (TPSA) is 209 Å². The molecule has 4 N–H and O–H groups in total. The Morgan fingerprint density at radius 2 is 1.75 bits per heavy atom. The molecule has 0 atom stereocenters. The lowest BCUT2D eigenvalue weighted by molar-refractivity contribution is -0.384. The van der Waals surface area contributed by atoms with Crippen LogP contribution in [0.3, 0.4) is 0 Å². The van der Waals surface area contributed by atoms with Gasteiger partial charge in [-0.05, 0) is 97.2 Å². The van der Waals surface area contributed by atoms with Gasteiger partial charge in [0.15, 0.2) is 0 Å². The molecule has 0 saturated carbocycles. The third-order valence-electron chi connectivity index (χ3n) is 12.6. The number of halogens is 1. The van der Waals surface area contributed by atoms with Gasteiger partial charge in [0.2, 0.25) is 0 Å². The number of amides is 1. The third-order valence-corrected chi connectivity index (χ3v) is 14.1. The van der Waals surface area contributed by atoms with Crippen LogP contribution in [0.4, 0.5) is 17.1 Å². The fraction of sp³-hybridized carbons (Fsp3) is 0.370. The van der Waals surface area contributed by atoms with E-state index >= 15 is 0 Å². The summed E-state index contributed by atoms with van der Waals surface area (Å²) >= 11 is 6.24. The summed E-state index contributed by atoms with van der Waals surface area (Å²) < 4.78 is 41.1. The number of ether oxygens (including phenoxy) is 2. The molecule has 64 heavy (non-hydrogen) atoms. The number of benzene rings is 3. The number of carboxylic acid groups (broad SMARTS) is 1. The number of nitrogens with zero attached hydrogens (tertiary/aromatic N) is 4. The summed E-state index contributed by atoms with van der Waals surface area (Å²) in [5, 5.41) is 26.4. The largest absolute Gasteiger partial charge is 0.481 e. The van der Waals surface area contributed by atoms with E-state index in [-0.39, 0.29) is 55.0 Å². The minimum absolute atomic E-state index is 0.0692. The molecule has 0 spiro atoms. The van der Waals surface area contributed by atoms with Gasteiger partial charge in [-0.25, -0.2) is 18.1 Å². The number of nitro benzene ring substituents is 1. The van der Waals surface area contributed by atoms with Crippen LogP contribution >= 0.6 is 11.6 Å². The number of carbonyl (C=O) groups excluding carboxylic acids is 1. The fourth-order valence-electron chi connectivity index (χ4n) is 8.69. The van der Waals surface area contributed by atoms with Crippen LogP contribution in [0.2, 0.25) is 5.02 Å². The van der Waals surface area contributed by atoms with Gasteiger partial charge in [-0.3, -0.25) is 24.6 Å². The molecule has 2 aromatic heterocycles. The maximum Gasteiger partial charge on any atom is 0.311 e. The Hall–Kier alpha value is -6.01. The first-order valence-corrected chi connectivity index (χ1v) is 23.0. The molecule has 1 amide bonds. The SMILES string of the molecule is CC1(C)CCC(CN2CCN(c3ccc(C(=O)NS(=O)(=O)c4ccc(NCC5(C(=O)O)CCOCC5)c([N+](=O)[O-])c4)c(Oc4cnc5[nH]ccc5c4)c3)CC2)=C(c2ccc(Cl)cc2)C1. The molecular formula is C46H50ClN7O9S. The molecule has 18 heteroatoms. The number of aliphatic carboxylic acids is 1.